The van der Waals surface area contributed by atoms with Gasteiger partial charge in [-0.1, -0.05) is 11.6 Å². The highest BCUT2D eigenvalue weighted by Crippen LogP contribution is 2.11. The summed E-state index contributed by atoms with van der Waals surface area (Å²) in [6.07, 6.45) is 3.44. The van der Waals surface area contributed by atoms with Crippen molar-refractivity contribution in [3.63, 3.8) is 0 Å². The minimum absolute atomic E-state index is 0.104. The van der Waals surface area contributed by atoms with Gasteiger partial charge in [-0.2, -0.15) is 10.2 Å². The number of carbonyl (C=O) groups excluding carboxylic acids is 1. The zero-order valence-corrected chi connectivity index (χ0v) is 12.6. The molecular formula is C13H18ClN5O. The number of nitrogens with zero attached hydrogens (tertiary/aromatic N) is 4. The second-order valence-electron chi connectivity index (χ2n) is 4.61. The van der Waals surface area contributed by atoms with Gasteiger partial charge in [-0.05, 0) is 20.8 Å². The number of hydrogen-bond acceptors (Lipinski definition) is 3. The maximum Gasteiger partial charge on any atom is 0.242 e. The molecule has 108 valence electrons. The van der Waals surface area contributed by atoms with Crippen molar-refractivity contribution in [2.45, 2.75) is 40.4 Å². The summed E-state index contributed by atoms with van der Waals surface area (Å²) in [6.45, 7) is 7.29. The van der Waals surface area contributed by atoms with Crippen LogP contribution < -0.4 is 5.32 Å². The molecule has 2 rings (SSSR count). The summed E-state index contributed by atoms with van der Waals surface area (Å²) >= 11 is 5.90. The van der Waals surface area contributed by atoms with Crippen molar-refractivity contribution in [2.75, 3.05) is 0 Å². The van der Waals surface area contributed by atoms with Gasteiger partial charge in [-0.3, -0.25) is 14.2 Å². The first-order chi connectivity index (χ1) is 9.51. The number of carbonyl (C=O) groups is 1. The molecule has 0 aromatic carbocycles. The van der Waals surface area contributed by atoms with E-state index >= 15 is 0 Å². The number of aromatic nitrogens is 4. The zero-order chi connectivity index (χ0) is 14.7. The zero-order valence-electron chi connectivity index (χ0n) is 11.9. The lowest BCUT2D eigenvalue weighted by molar-refractivity contribution is -0.122. The Labute approximate surface area is 122 Å². The van der Waals surface area contributed by atoms with E-state index in [9.17, 15) is 4.79 Å². The Balaban J connectivity index is 1.90. The molecule has 6 nitrogen and oxygen atoms in total. The van der Waals surface area contributed by atoms with E-state index < -0.39 is 0 Å². The van der Waals surface area contributed by atoms with Gasteiger partial charge in [0.25, 0.3) is 0 Å². The SMILES string of the molecule is CCn1ncc(CNC(=O)Cn2cc(Cl)c(C)n2)c1C. The smallest absolute Gasteiger partial charge is 0.242 e. The molecule has 2 aromatic heterocycles. The molecule has 0 aliphatic heterocycles. The van der Waals surface area contributed by atoms with E-state index in [1.165, 1.54) is 4.68 Å². The highest BCUT2D eigenvalue weighted by molar-refractivity contribution is 6.31. The van der Waals surface area contributed by atoms with Gasteiger partial charge < -0.3 is 5.32 Å². The van der Waals surface area contributed by atoms with Crippen LogP contribution in [0, 0.1) is 13.8 Å². The summed E-state index contributed by atoms with van der Waals surface area (Å²) in [4.78, 5) is 11.9. The van der Waals surface area contributed by atoms with E-state index in [-0.39, 0.29) is 12.5 Å². The van der Waals surface area contributed by atoms with Gasteiger partial charge in [0.1, 0.15) is 6.54 Å². The molecule has 0 bridgehead atoms. The molecule has 0 radical (unpaired) electrons. The fourth-order valence-electron chi connectivity index (χ4n) is 1.95. The van der Waals surface area contributed by atoms with Crippen LogP contribution in [0.2, 0.25) is 5.02 Å². The van der Waals surface area contributed by atoms with Crippen LogP contribution >= 0.6 is 11.6 Å². The maximum atomic E-state index is 11.9. The summed E-state index contributed by atoms with van der Waals surface area (Å²) in [5, 5.41) is 11.8. The molecule has 0 saturated heterocycles. The molecule has 1 N–H and O–H groups in total. The van der Waals surface area contributed by atoms with Gasteiger partial charge in [0.05, 0.1) is 16.9 Å². The van der Waals surface area contributed by atoms with Crippen molar-refractivity contribution < 1.29 is 4.79 Å². The third-order valence-electron chi connectivity index (χ3n) is 3.17. The molecule has 0 atom stereocenters. The van der Waals surface area contributed by atoms with Gasteiger partial charge in [0, 0.05) is 30.5 Å². The third kappa shape index (κ3) is 3.19. The van der Waals surface area contributed by atoms with Crippen LogP contribution in [0.1, 0.15) is 23.9 Å². The lowest BCUT2D eigenvalue weighted by Crippen LogP contribution is -2.27. The quantitative estimate of drug-likeness (QED) is 0.913. The van der Waals surface area contributed by atoms with Crippen molar-refractivity contribution in [2.24, 2.45) is 0 Å². The summed E-state index contributed by atoms with van der Waals surface area (Å²) in [7, 11) is 0. The first-order valence-corrected chi connectivity index (χ1v) is 6.86. The van der Waals surface area contributed by atoms with Crippen molar-refractivity contribution in [1.29, 1.82) is 0 Å². The van der Waals surface area contributed by atoms with Crippen LogP contribution in [0.3, 0.4) is 0 Å². The molecule has 0 aliphatic rings. The molecule has 0 saturated carbocycles. The molecule has 7 heteroatoms. The molecule has 0 spiro atoms. The Kier molecular flexibility index (Phi) is 4.44. The summed E-state index contributed by atoms with van der Waals surface area (Å²) in [6, 6.07) is 0. The fraction of sp³-hybridized carbons (Fsp3) is 0.462. The predicted molar refractivity (Wildman–Crippen MR) is 76.5 cm³/mol. The van der Waals surface area contributed by atoms with E-state index in [0.717, 1.165) is 23.5 Å². The average molecular weight is 296 g/mol. The van der Waals surface area contributed by atoms with E-state index in [2.05, 4.69) is 15.5 Å². The van der Waals surface area contributed by atoms with E-state index in [1.54, 1.807) is 19.3 Å². The van der Waals surface area contributed by atoms with E-state index in [4.69, 9.17) is 11.6 Å². The van der Waals surface area contributed by atoms with Crippen LogP contribution in [0.5, 0.6) is 0 Å². The van der Waals surface area contributed by atoms with Crippen LogP contribution in [0.15, 0.2) is 12.4 Å². The average Bonchev–Trinajstić information content (AvgIpc) is 2.90. The van der Waals surface area contributed by atoms with Gasteiger partial charge >= 0.3 is 0 Å². The van der Waals surface area contributed by atoms with Gasteiger partial charge in [0.2, 0.25) is 5.91 Å². The molecule has 0 aliphatic carbocycles. The van der Waals surface area contributed by atoms with Crippen molar-refractivity contribution in [3.05, 3.63) is 34.4 Å². The predicted octanol–water partition coefficient (Wildman–Crippen LogP) is 1.69. The first-order valence-electron chi connectivity index (χ1n) is 6.48. The second kappa shape index (κ2) is 6.09. The highest BCUT2D eigenvalue weighted by Gasteiger charge is 2.09. The van der Waals surface area contributed by atoms with E-state index in [0.29, 0.717) is 11.6 Å². The maximum absolute atomic E-state index is 11.9. The molecule has 0 fully saturated rings. The fourth-order valence-corrected chi connectivity index (χ4v) is 2.10. The number of nitrogens with one attached hydrogen (secondary N) is 1. The number of rotatable bonds is 5. The molecule has 20 heavy (non-hydrogen) atoms. The van der Waals surface area contributed by atoms with Crippen LogP contribution in [-0.4, -0.2) is 25.5 Å². The Bertz CT molecular complexity index is 597. The van der Waals surface area contributed by atoms with Crippen molar-refractivity contribution in [3.8, 4) is 0 Å². The number of amides is 1. The number of hydrogen-bond donors (Lipinski definition) is 1. The van der Waals surface area contributed by atoms with Crippen LogP contribution in [0.4, 0.5) is 0 Å². The Morgan fingerprint density at radius 3 is 2.75 bits per heavy atom. The minimum Gasteiger partial charge on any atom is -0.350 e. The Morgan fingerprint density at radius 1 is 1.45 bits per heavy atom. The van der Waals surface area contributed by atoms with Gasteiger partial charge in [-0.25, -0.2) is 0 Å². The second-order valence-corrected chi connectivity index (χ2v) is 5.01. The summed E-state index contributed by atoms with van der Waals surface area (Å²) < 4.78 is 3.44. The monoisotopic (exact) mass is 295 g/mol. The first kappa shape index (κ1) is 14.6. The van der Waals surface area contributed by atoms with Gasteiger partial charge in [0.15, 0.2) is 0 Å². The lowest BCUT2D eigenvalue weighted by Gasteiger charge is -2.05. The van der Waals surface area contributed by atoms with Gasteiger partial charge in [-0.15, -0.1) is 0 Å². The largest absolute Gasteiger partial charge is 0.350 e. The van der Waals surface area contributed by atoms with Crippen LogP contribution in [0.25, 0.3) is 0 Å². The Hall–Kier alpha value is -1.82. The number of halogens is 1. The summed E-state index contributed by atoms with van der Waals surface area (Å²) in [5.41, 5.74) is 2.82. The Morgan fingerprint density at radius 2 is 2.20 bits per heavy atom. The molecular weight excluding hydrogens is 278 g/mol. The lowest BCUT2D eigenvalue weighted by atomic mass is 10.2. The standard InChI is InChI=1S/C13H18ClN5O/c1-4-19-10(3)11(6-16-19)5-15-13(20)8-18-7-12(14)9(2)17-18/h6-7H,4-5,8H2,1-3H3,(H,15,20). The third-order valence-corrected chi connectivity index (χ3v) is 3.54. The number of aryl methyl sites for hydroxylation is 2. The molecule has 0 unspecified atom stereocenters. The van der Waals surface area contributed by atoms with Crippen molar-refractivity contribution in [1.82, 2.24) is 24.9 Å². The summed E-state index contributed by atoms with van der Waals surface area (Å²) in [5.74, 6) is -0.104. The molecule has 1 amide bonds. The minimum atomic E-state index is -0.104. The van der Waals surface area contributed by atoms with Crippen LogP contribution in [-0.2, 0) is 24.4 Å². The van der Waals surface area contributed by atoms with Crippen molar-refractivity contribution >= 4 is 17.5 Å². The van der Waals surface area contributed by atoms with E-state index in [1.807, 2.05) is 18.5 Å². The molecule has 2 heterocycles. The topological polar surface area (TPSA) is 64.7 Å². The molecule has 2 aromatic rings. The normalized spacial score (nSPS) is 10.8. The highest BCUT2D eigenvalue weighted by atomic mass is 35.5.